The molecule has 4 nitrogen and oxygen atoms in total. The number of hydrogen-bond donors (Lipinski definition) is 1. The fourth-order valence-electron chi connectivity index (χ4n) is 5.45. The summed E-state index contributed by atoms with van der Waals surface area (Å²) in [6.07, 6.45) is 5.69. The Hall–Kier alpha value is -1.71. The van der Waals surface area contributed by atoms with E-state index in [-0.39, 0.29) is 12.2 Å². The van der Waals surface area contributed by atoms with E-state index in [1.807, 2.05) is 0 Å². The smallest absolute Gasteiger partial charge is 0.387 e. The summed E-state index contributed by atoms with van der Waals surface area (Å²) in [5.74, 6) is -2.60. The van der Waals surface area contributed by atoms with Crippen molar-refractivity contribution >= 4 is 11.3 Å². The van der Waals surface area contributed by atoms with Crippen LogP contribution >= 0.6 is 11.3 Å². The van der Waals surface area contributed by atoms with Crippen LogP contribution in [-0.4, -0.2) is 48.6 Å². The molecule has 0 bridgehead atoms. The lowest BCUT2D eigenvalue weighted by atomic mass is 9.86. The Morgan fingerprint density at radius 2 is 2.12 bits per heavy atom. The number of likely N-dealkylation sites (tertiary alicyclic amines) is 1. The molecule has 3 heterocycles. The van der Waals surface area contributed by atoms with E-state index < -0.39 is 25.0 Å². The molecule has 0 spiro atoms. The van der Waals surface area contributed by atoms with E-state index in [1.54, 1.807) is 12.3 Å². The van der Waals surface area contributed by atoms with Crippen molar-refractivity contribution in [2.75, 3.05) is 26.2 Å². The average Bonchev–Trinajstić information content (AvgIpc) is 3.21. The number of aromatic nitrogens is 1. The number of nitrogens with one attached hydrogen (secondary N) is 1. The van der Waals surface area contributed by atoms with Gasteiger partial charge >= 0.3 is 6.61 Å². The molecule has 34 heavy (non-hydrogen) atoms. The van der Waals surface area contributed by atoms with Gasteiger partial charge in [0.25, 0.3) is 5.92 Å². The largest absolute Gasteiger partial charge is 0.434 e. The molecule has 2 aliphatic rings. The van der Waals surface area contributed by atoms with E-state index in [0.717, 1.165) is 24.5 Å². The topological polar surface area (TPSA) is 37.4 Å². The highest BCUT2D eigenvalue weighted by atomic mass is 32.1. The number of alkyl halides is 4. The van der Waals surface area contributed by atoms with Gasteiger partial charge in [0.05, 0.1) is 18.0 Å². The van der Waals surface area contributed by atoms with Gasteiger partial charge in [-0.05, 0) is 55.3 Å². The van der Waals surface area contributed by atoms with Crippen molar-refractivity contribution < 1.29 is 22.3 Å². The van der Waals surface area contributed by atoms with Crippen molar-refractivity contribution in [3.63, 3.8) is 0 Å². The molecule has 0 aliphatic carbocycles. The van der Waals surface area contributed by atoms with E-state index in [2.05, 4.69) is 29.0 Å². The Morgan fingerprint density at radius 3 is 2.85 bits per heavy atom. The van der Waals surface area contributed by atoms with Gasteiger partial charge in [-0.2, -0.15) is 8.78 Å². The molecule has 1 aromatic heterocycles. The van der Waals surface area contributed by atoms with E-state index in [1.165, 1.54) is 42.7 Å². The van der Waals surface area contributed by atoms with Gasteiger partial charge in [-0.1, -0.05) is 26.3 Å². The minimum Gasteiger partial charge on any atom is -0.434 e. The summed E-state index contributed by atoms with van der Waals surface area (Å²) in [6.45, 7) is 4.40. The maximum atomic E-state index is 14.5. The maximum absolute atomic E-state index is 14.5. The molecule has 0 radical (unpaired) electrons. The summed E-state index contributed by atoms with van der Waals surface area (Å²) < 4.78 is 60.0. The minimum atomic E-state index is -3.00. The maximum Gasteiger partial charge on any atom is 0.387 e. The summed E-state index contributed by atoms with van der Waals surface area (Å²) in [6, 6.07) is 4.41. The average molecular weight is 500 g/mol. The van der Waals surface area contributed by atoms with E-state index in [0.29, 0.717) is 34.5 Å². The van der Waals surface area contributed by atoms with Crippen LogP contribution < -0.4 is 10.1 Å². The highest BCUT2D eigenvalue weighted by Gasteiger charge is 2.42. The lowest BCUT2D eigenvalue weighted by Crippen LogP contribution is -2.44. The van der Waals surface area contributed by atoms with Crippen molar-refractivity contribution in [2.45, 2.75) is 64.5 Å². The zero-order valence-electron chi connectivity index (χ0n) is 19.7. The first-order chi connectivity index (χ1) is 16.2. The van der Waals surface area contributed by atoms with Crippen LogP contribution in [0.1, 0.15) is 55.9 Å². The Morgan fingerprint density at radius 1 is 1.29 bits per heavy atom. The second kappa shape index (κ2) is 10.9. The number of thiazole rings is 1. The lowest BCUT2D eigenvalue weighted by Gasteiger charge is -2.36. The highest BCUT2D eigenvalue weighted by molar-refractivity contribution is 7.15. The van der Waals surface area contributed by atoms with Gasteiger partial charge in [0.15, 0.2) is 0 Å². The SMILES string of the molecule is CCCC1CC(C)CN(Cc2cnc(-c3cc(C4CCNCC4(F)F)ccc3OC(F)F)s2)C1. The molecule has 4 rings (SSSR count). The molecule has 0 amide bonds. The second-order valence-electron chi connectivity index (χ2n) is 9.73. The predicted molar refractivity (Wildman–Crippen MR) is 127 cm³/mol. The first-order valence-corrected chi connectivity index (χ1v) is 12.9. The van der Waals surface area contributed by atoms with Gasteiger partial charge in [0, 0.05) is 30.7 Å². The summed E-state index contributed by atoms with van der Waals surface area (Å²) in [5.41, 5.74) is 0.770. The standard InChI is InChI=1S/C25H33F4N3OS/c1-3-4-17-9-16(2)12-32(13-17)14-19-11-31-23(34-19)20-10-18(5-6-22(20)33-24(26)27)21-7-8-30-15-25(21,28)29/h5-6,10-11,16-17,21,24,30H,3-4,7-9,12-15H2,1-2H3. The number of nitrogens with zero attached hydrogens (tertiary/aromatic N) is 2. The minimum absolute atomic E-state index is 0.0356. The zero-order chi connectivity index (χ0) is 24.3. The molecule has 2 fully saturated rings. The molecular weight excluding hydrogens is 466 g/mol. The van der Waals surface area contributed by atoms with Gasteiger partial charge in [-0.3, -0.25) is 4.90 Å². The Balaban J connectivity index is 1.58. The lowest BCUT2D eigenvalue weighted by molar-refractivity contribution is -0.0499. The number of halogens is 4. The third-order valence-electron chi connectivity index (χ3n) is 6.78. The summed E-state index contributed by atoms with van der Waals surface area (Å²) >= 11 is 1.41. The van der Waals surface area contributed by atoms with Crippen LogP contribution in [-0.2, 0) is 6.54 Å². The highest BCUT2D eigenvalue weighted by Crippen LogP contribution is 2.42. The van der Waals surface area contributed by atoms with Crippen molar-refractivity contribution in [2.24, 2.45) is 11.8 Å². The molecule has 1 aromatic carbocycles. The van der Waals surface area contributed by atoms with Crippen molar-refractivity contribution in [1.29, 1.82) is 0 Å². The van der Waals surface area contributed by atoms with Gasteiger partial charge in [0.2, 0.25) is 0 Å². The van der Waals surface area contributed by atoms with Crippen LogP contribution in [0.4, 0.5) is 17.6 Å². The molecule has 2 aromatic rings. The molecule has 9 heteroatoms. The summed E-state index contributed by atoms with van der Waals surface area (Å²) in [4.78, 5) is 7.95. The summed E-state index contributed by atoms with van der Waals surface area (Å²) in [7, 11) is 0. The molecule has 1 N–H and O–H groups in total. The van der Waals surface area contributed by atoms with Crippen LogP contribution in [0.2, 0.25) is 0 Å². The Bertz CT molecular complexity index is 954. The van der Waals surface area contributed by atoms with Crippen molar-refractivity contribution in [3.05, 3.63) is 34.8 Å². The van der Waals surface area contributed by atoms with Gasteiger partial charge in [0.1, 0.15) is 10.8 Å². The second-order valence-corrected chi connectivity index (χ2v) is 10.8. The molecule has 2 saturated heterocycles. The van der Waals surface area contributed by atoms with Crippen LogP contribution in [0.25, 0.3) is 10.6 Å². The third kappa shape index (κ3) is 6.10. The monoisotopic (exact) mass is 499 g/mol. The Kier molecular flexibility index (Phi) is 8.15. The molecule has 2 aliphatic heterocycles. The predicted octanol–water partition coefficient (Wildman–Crippen LogP) is 6.38. The number of piperidine rings is 2. The van der Waals surface area contributed by atoms with E-state index >= 15 is 0 Å². The van der Waals surface area contributed by atoms with Crippen molar-refractivity contribution in [3.8, 4) is 16.3 Å². The van der Waals surface area contributed by atoms with Crippen LogP contribution in [0.5, 0.6) is 5.75 Å². The Labute approximate surface area is 202 Å². The normalized spacial score (nSPS) is 25.6. The first-order valence-electron chi connectivity index (χ1n) is 12.1. The van der Waals surface area contributed by atoms with Gasteiger partial charge in [-0.15, -0.1) is 11.3 Å². The number of rotatable bonds is 8. The number of ether oxygens (including phenoxy) is 1. The van der Waals surface area contributed by atoms with E-state index in [9.17, 15) is 17.6 Å². The van der Waals surface area contributed by atoms with Crippen LogP contribution in [0.15, 0.2) is 24.4 Å². The molecule has 3 atom stereocenters. The van der Waals surface area contributed by atoms with Crippen LogP contribution in [0, 0.1) is 11.8 Å². The molecule has 0 saturated carbocycles. The van der Waals surface area contributed by atoms with Gasteiger partial charge in [-0.25, -0.2) is 13.8 Å². The number of benzene rings is 1. The first kappa shape index (κ1) is 25.4. The molecule has 3 unspecified atom stereocenters. The molecular formula is C25H33F4N3OS. The fourth-order valence-corrected chi connectivity index (χ4v) is 6.42. The van der Waals surface area contributed by atoms with Crippen molar-refractivity contribution in [1.82, 2.24) is 15.2 Å². The molecule has 188 valence electrons. The quantitative estimate of drug-likeness (QED) is 0.428. The van der Waals surface area contributed by atoms with Crippen LogP contribution in [0.3, 0.4) is 0 Å². The number of hydrogen-bond acceptors (Lipinski definition) is 5. The third-order valence-corrected chi connectivity index (χ3v) is 7.80. The fraction of sp³-hybridized carbons (Fsp3) is 0.640. The van der Waals surface area contributed by atoms with E-state index in [4.69, 9.17) is 4.74 Å². The van der Waals surface area contributed by atoms with Gasteiger partial charge < -0.3 is 10.1 Å². The summed E-state index contributed by atoms with van der Waals surface area (Å²) in [5, 5.41) is 3.24. The zero-order valence-corrected chi connectivity index (χ0v) is 20.5.